The summed E-state index contributed by atoms with van der Waals surface area (Å²) in [6.07, 6.45) is 0. The van der Waals surface area contributed by atoms with Crippen molar-refractivity contribution in [1.29, 1.82) is 0 Å². The first kappa shape index (κ1) is 15.0. The van der Waals surface area contributed by atoms with E-state index in [1.807, 2.05) is 0 Å². The molecule has 2 aromatic carbocycles. The Balaban J connectivity index is 1.92. The van der Waals surface area contributed by atoms with Crippen LogP contribution in [0.15, 0.2) is 60.7 Å². The van der Waals surface area contributed by atoms with Gasteiger partial charge in [0.05, 0.1) is 20.9 Å². The second kappa shape index (κ2) is 6.06. The second-order valence-electron chi connectivity index (χ2n) is 4.86. The number of hydrogen-bond donors (Lipinski definition) is 2. The zero-order valence-electron chi connectivity index (χ0n) is 11.9. The van der Waals surface area contributed by atoms with E-state index in [4.69, 9.17) is 0 Å². The number of phenolic OH excluding ortho intramolecular Hbond substituents is 2. The Kier molecular flexibility index (Phi) is 3.95. The van der Waals surface area contributed by atoms with Gasteiger partial charge in [-0.3, -0.25) is 9.59 Å². The predicted octanol–water partition coefficient (Wildman–Crippen LogP) is 3.62. The molecule has 0 bridgehead atoms. The Morgan fingerprint density at radius 3 is 1.43 bits per heavy atom. The number of carbonyl (C=O) groups excluding carboxylic acids is 2. The van der Waals surface area contributed by atoms with Gasteiger partial charge in [-0.1, -0.05) is 24.3 Å². The van der Waals surface area contributed by atoms with E-state index in [9.17, 15) is 19.8 Å². The fourth-order valence-electron chi connectivity index (χ4n) is 2.18. The van der Waals surface area contributed by atoms with E-state index >= 15 is 0 Å². The Hall–Kier alpha value is -2.92. The summed E-state index contributed by atoms with van der Waals surface area (Å²) in [6.45, 7) is 0. The smallest absolute Gasteiger partial charge is 0.206 e. The number of benzene rings is 2. The molecule has 0 aliphatic heterocycles. The summed E-state index contributed by atoms with van der Waals surface area (Å²) in [6, 6.07) is 15.6. The third-order valence-electron chi connectivity index (χ3n) is 3.35. The van der Waals surface area contributed by atoms with Crippen molar-refractivity contribution < 1.29 is 19.8 Å². The summed E-state index contributed by atoms with van der Waals surface area (Å²) >= 11 is 1.03. The van der Waals surface area contributed by atoms with Crippen LogP contribution in [0.3, 0.4) is 0 Å². The molecule has 0 fully saturated rings. The van der Waals surface area contributed by atoms with Crippen LogP contribution >= 0.6 is 11.3 Å². The molecular weight excluding hydrogens is 312 g/mol. The monoisotopic (exact) mass is 324 g/mol. The van der Waals surface area contributed by atoms with Gasteiger partial charge < -0.3 is 10.2 Å². The highest BCUT2D eigenvalue weighted by atomic mass is 32.1. The maximum absolute atomic E-state index is 12.4. The van der Waals surface area contributed by atoms with Gasteiger partial charge in [-0.25, -0.2) is 0 Å². The Morgan fingerprint density at radius 2 is 1.04 bits per heavy atom. The van der Waals surface area contributed by atoms with Gasteiger partial charge in [0.2, 0.25) is 11.6 Å². The number of para-hydroxylation sites is 2. The molecule has 0 spiro atoms. The van der Waals surface area contributed by atoms with Gasteiger partial charge in [0, 0.05) is 0 Å². The quantitative estimate of drug-likeness (QED) is 0.719. The van der Waals surface area contributed by atoms with Crippen LogP contribution < -0.4 is 0 Å². The van der Waals surface area contributed by atoms with Crippen molar-refractivity contribution >= 4 is 22.9 Å². The van der Waals surface area contributed by atoms with E-state index in [-0.39, 0.29) is 34.2 Å². The van der Waals surface area contributed by atoms with Crippen LogP contribution in [0, 0.1) is 0 Å². The molecule has 0 atom stereocenters. The van der Waals surface area contributed by atoms with E-state index < -0.39 is 0 Å². The summed E-state index contributed by atoms with van der Waals surface area (Å²) in [5, 5.41) is 19.5. The predicted molar refractivity (Wildman–Crippen MR) is 87.4 cm³/mol. The first-order valence-corrected chi connectivity index (χ1v) is 7.65. The van der Waals surface area contributed by atoms with Gasteiger partial charge in [0.25, 0.3) is 0 Å². The minimum atomic E-state index is -0.343. The van der Waals surface area contributed by atoms with Crippen LogP contribution in [0.1, 0.15) is 30.5 Å². The lowest BCUT2D eigenvalue weighted by atomic mass is 10.1. The largest absolute Gasteiger partial charge is 0.507 e. The minimum Gasteiger partial charge on any atom is -0.507 e. The molecule has 5 heteroatoms. The molecular formula is C18H12O4S. The van der Waals surface area contributed by atoms with Gasteiger partial charge in [0.1, 0.15) is 11.5 Å². The molecule has 0 saturated heterocycles. The molecule has 4 nitrogen and oxygen atoms in total. The lowest BCUT2D eigenvalue weighted by molar-refractivity contribution is 0.103. The van der Waals surface area contributed by atoms with Crippen LogP contribution in [0.2, 0.25) is 0 Å². The number of thiophene rings is 1. The van der Waals surface area contributed by atoms with Gasteiger partial charge in [0.15, 0.2) is 0 Å². The average molecular weight is 324 g/mol. The topological polar surface area (TPSA) is 74.6 Å². The molecule has 1 heterocycles. The van der Waals surface area contributed by atoms with Gasteiger partial charge >= 0.3 is 0 Å². The lowest BCUT2D eigenvalue weighted by Gasteiger charge is -2.02. The first-order valence-electron chi connectivity index (χ1n) is 6.83. The minimum absolute atomic E-state index is 0.0977. The molecule has 0 radical (unpaired) electrons. The molecule has 0 unspecified atom stereocenters. The highest BCUT2D eigenvalue weighted by Crippen LogP contribution is 2.27. The number of hydrogen-bond acceptors (Lipinski definition) is 5. The summed E-state index contributed by atoms with van der Waals surface area (Å²) in [7, 11) is 0. The normalized spacial score (nSPS) is 10.4. The number of rotatable bonds is 4. The van der Waals surface area contributed by atoms with Crippen molar-refractivity contribution in [2.75, 3.05) is 0 Å². The zero-order valence-corrected chi connectivity index (χ0v) is 12.7. The first-order chi connectivity index (χ1) is 11.1. The third kappa shape index (κ3) is 2.86. The SMILES string of the molecule is O=C(c1ccc(C(=O)c2ccccc2O)s1)c1ccccc1O. The highest BCUT2D eigenvalue weighted by molar-refractivity contribution is 7.16. The Bertz CT molecular complexity index is 823. The number of carbonyl (C=O) groups is 2. The van der Waals surface area contributed by atoms with E-state index in [1.165, 1.54) is 24.3 Å². The van der Waals surface area contributed by atoms with Gasteiger partial charge in [-0.05, 0) is 36.4 Å². The average Bonchev–Trinajstić information content (AvgIpc) is 3.04. The van der Waals surface area contributed by atoms with Crippen LogP contribution in [0.4, 0.5) is 0 Å². The maximum Gasteiger partial charge on any atom is 0.206 e. The number of phenols is 2. The van der Waals surface area contributed by atoms with Crippen molar-refractivity contribution in [3.05, 3.63) is 81.5 Å². The third-order valence-corrected chi connectivity index (χ3v) is 4.43. The number of ketones is 2. The van der Waals surface area contributed by atoms with Crippen molar-refractivity contribution in [2.45, 2.75) is 0 Å². The fourth-order valence-corrected chi connectivity index (χ4v) is 3.09. The molecule has 1 aromatic heterocycles. The molecule has 3 aromatic rings. The Labute approximate surface area is 136 Å². The highest BCUT2D eigenvalue weighted by Gasteiger charge is 2.19. The van der Waals surface area contributed by atoms with E-state index in [2.05, 4.69) is 0 Å². The van der Waals surface area contributed by atoms with Crippen LogP contribution in [0.5, 0.6) is 11.5 Å². The lowest BCUT2D eigenvalue weighted by Crippen LogP contribution is -1.99. The molecule has 0 amide bonds. The molecule has 23 heavy (non-hydrogen) atoms. The summed E-state index contributed by atoms with van der Waals surface area (Å²) in [5.74, 6) is -0.882. The molecule has 3 rings (SSSR count). The van der Waals surface area contributed by atoms with Crippen LogP contribution in [-0.4, -0.2) is 21.8 Å². The van der Waals surface area contributed by atoms with Crippen LogP contribution in [0.25, 0.3) is 0 Å². The van der Waals surface area contributed by atoms with Crippen molar-refractivity contribution in [1.82, 2.24) is 0 Å². The Morgan fingerprint density at radius 1 is 0.652 bits per heavy atom. The summed E-state index contributed by atoms with van der Waals surface area (Å²) < 4.78 is 0. The van der Waals surface area contributed by atoms with Crippen LogP contribution in [-0.2, 0) is 0 Å². The van der Waals surface area contributed by atoms with E-state index in [1.54, 1.807) is 36.4 Å². The molecule has 0 aliphatic rings. The van der Waals surface area contributed by atoms with E-state index in [0.29, 0.717) is 9.75 Å². The maximum atomic E-state index is 12.4. The molecule has 114 valence electrons. The summed E-state index contributed by atoms with van der Waals surface area (Å²) in [4.78, 5) is 25.5. The number of aromatic hydroxyl groups is 2. The van der Waals surface area contributed by atoms with Gasteiger partial charge in [-0.15, -0.1) is 11.3 Å². The van der Waals surface area contributed by atoms with Crippen molar-refractivity contribution in [3.8, 4) is 11.5 Å². The standard InChI is InChI=1S/C18H12O4S/c19-13-7-3-1-5-11(13)17(21)15-9-10-16(23-15)18(22)12-6-2-4-8-14(12)20/h1-10,19-20H. The van der Waals surface area contributed by atoms with E-state index in [0.717, 1.165) is 11.3 Å². The van der Waals surface area contributed by atoms with Gasteiger partial charge in [-0.2, -0.15) is 0 Å². The second-order valence-corrected chi connectivity index (χ2v) is 5.94. The fraction of sp³-hybridized carbons (Fsp3) is 0. The van der Waals surface area contributed by atoms with Crippen molar-refractivity contribution in [2.24, 2.45) is 0 Å². The zero-order chi connectivity index (χ0) is 16.4. The van der Waals surface area contributed by atoms with Crippen molar-refractivity contribution in [3.63, 3.8) is 0 Å². The molecule has 0 saturated carbocycles. The molecule has 0 aliphatic carbocycles. The summed E-state index contributed by atoms with van der Waals surface area (Å²) in [5.41, 5.74) is 0.381. The molecule has 2 N–H and O–H groups in total.